The quantitative estimate of drug-likeness (QED) is 0.876. The van der Waals surface area contributed by atoms with Gasteiger partial charge in [0.25, 0.3) is 5.91 Å². The zero-order valence-electron chi connectivity index (χ0n) is 13.0. The molecule has 2 heterocycles. The number of anilines is 2. The predicted octanol–water partition coefficient (Wildman–Crippen LogP) is 1.95. The number of nitrogens with zero attached hydrogens (tertiary/aromatic N) is 2. The molecule has 0 aliphatic carbocycles. The summed E-state index contributed by atoms with van der Waals surface area (Å²) in [4.78, 5) is 19.4. The number of aromatic nitrogens is 1. The van der Waals surface area contributed by atoms with Crippen LogP contribution in [-0.2, 0) is 11.3 Å². The lowest BCUT2D eigenvalue weighted by Crippen LogP contribution is -2.43. The van der Waals surface area contributed by atoms with Crippen molar-refractivity contribution in [1.29, 1.82) is 0 Å². The molecule has 1 aromatic carbocycles. The third-order valence-electron chi connectivity index (χ3n) is 3.74. The van der Waals surface area contributed by atoms with Gasteiger partial charge in [0.15, 0.2) is 0 Å². The lowest BCUT2D eigenvalue weighted by Gasteiger charge is -2.29. The Balaban J connectivity index is 1.65. The van der Waals surface area contributed by atoms with Crippen LogP contribution >= 0.6 is 11.3 Å². The van der Waals surface area contributed by atoms with Crippen LogP contribution in [0.1, 0.15) is 15.4 Å². The highest BCUT2D eigenvalue weighted by molar-refractivity contribution is 7.12. The lowest BCUT2D eigenvalue weighted by atomic mass is 10.2. The molecule has 0 bridgehead atoms. The first-order chi connectivity index (χ1) is 11.3. The Bertz CT molecular complexity index is 650. The van der Waals surface area contributed by atoms with Crippen molar-refractivity contribution >= 4 is 28.6 Å². The van der Waals surface area contributed by atoms with E-state index in [2.05, 4.69) is 20.5 Å². The summed E-state index contributed by atoms with van der Waals surface area (Å²) < 4.78 is 5.06. The van der Waals surface area contributed by atoms with Gasteiger partial charge in [-0.25, -0.2) is 4.98 Å². The van der Waals surface area contributed by atoms with Crippen molar-refractivity contribution in [3.8, 4) is 0 Å². The summed E-state index contributed by atoms with van der Waals surface area (Å²) in [6.07, 6.45) is 0. The monoisotopic (exact) mass is 332 g/mol. The topological polar surface area (TPSA) is 66.5 Å². The number of benzene rings is 1. The Hall–Kier alpha value is -1.96. The van der Waals surface area contributed by atoms with Crippen LogP contribution in [0.4, 0.5) is 11.4 Å². The molecule has 1 aromatic heterocycles. The number of methoxy groups -OCH3 is 1. The summed E-state index contributed by atoms with van der Waals surface area (Å²) in [5.41, 5.74) is 4.30. The van der Waals surface area contributed by atoms with Crippen LogP contribution in [0.2, 0.25) is 0 Å². The molecular formula is C16H20N4O2S. The Labute approximate surface area is 139 Å². The molecule has 122 valence electrons. The number of carbonyl (C=O) groups excluding carboxylic acids is 1. The van der Waals surface area contributed by atoms with E-state index in [1.54, 1.807) is 12.6 Å². The van der Waals surface area contributed by atoms with Gasteiger partial charge in [-0.1, -0.05) is 0 Å². The molecule has 1 saturated heterocycles. The first kappa shape index (κ1) is 15.9. The summed E-state index contributed by atoms with van der Waals surface area (Å²) in [6, 6.07) is 7.96. The number of piperazine rings is 1. The van der Waals surface area contributed by atoms with Crippen molar-refractivity contribution in [2.45, 2.75) is 6.61 Å². The lowest BCUT2D eigenvalue weighted by molar-refractivity contribution is 0.102. The van der Waals surface area contributed by atoms with Gasteiger partial charge in [0.1, 0.15) is 4.88 Å². The Morgan fingerprint density at radius 3 is 2.78 bits per heavy atom. The number of carbonyl (C=O) groups is 1. The number of ether oxygens (including phenoxy) is 1. The van der Waals surface area contributed by atoms with Crippen LogP contribution < -0.4 is 15.5 Å². The third kappa shape index (κ3) is 3.87. The van der Waals surface area contributed by atoms with Gasteiger partial charge in [-0.05, 0) is 24.3 Å². The number of hydrogen-bond acceptors (Lipinski definition) is 6. The highest BCUT2D eigenvalue weighted by Gasteiger charge is 2.15. The van der Waals surface area contributed by atoms with Crippen molar-refractivity contribution in [3.05, 3.63) is 40.3 Å². The van der Waals surface area contributed by atoms with Crippen LogP contribution in [0, 0.1) is 0 Å². The molecule has 0 unspecified atom stereocenters. The maximum atomic E-state index is 12.3. The normalized spacial score (nSPS) is 14.7. The standard InChI is InChI=1S/C16H20N4O2S/c1-22-10-14-15(23-11-18-14)16(21)19-12-2-4-13(5-3-12)20-8-6-17-7-9-20/h2-5,11,17H,6-10H2,1H3,(H,19,21). The van der Waals surface area contributed by atoms with Crippen LogP contribution in [-0.4, -0.2) is 44.2 Å². The zero-order chi connectivity index (χ0) is 16.1. The molecule has 6 nitrogen and oxygen atoms in total. The van der Waals surface area contributed by atoms with Gasteiger partial charge < -0.3 is 20.3 Å². The summed E-state index contributed by atoms with van der Waals surface area (Å²) in [6.45, 7) is 4.37. The number of rotatable bonds is 5. The fraction of sp³-hybridized carbons (Fsp3) is 0.375. The molecule has 7 heteroatoms. The van der Waals surface area contributed by atoms with E-state index in [4.69, 9.17) is 4.74 Å². The molecule has 2 N–H and O–H groups in total. The summed E-state index contributed by atoms with van der Waals surface area (Å²) in [5, 5.41) is 6.26. The second-order valence-electron chi connectivity index (χ2n) is 5.30. The fourth-order valence-electron chi connectivity index (χ4n) is 2.56. The smallest absolute Gasteiger partial charge is 0.267 e. The van der Waals surface area contributed by atoms with Crippen molar-refractivity contribution < 1.29 is 9.53 Å². The molecule has 1 aliphatic rings. The number of thiazole rings is 1. The highest BCUT2D eigenvalue weighted by atomic mass is 32.1. The van der Waals surface area contributed by atoms with E-state index in [9.17, 15) is 4.79 Å². The van der Waals surface area contributed by atoms with Gasteiger partial charge in [-0.2, -0.15) is 0 Å². The molecule has 0 radical (unpaired) electrons. The van der Waals surface area contributed by atoms with E-state index in [1.807, 2.05) is 24.3 Å². The minimum atomic E-state index is -0.144. The zero-order valence-corrected chi connectivity index (χ0v) is 13.9. The van der Waals surface area contributed by atoms with Crippen LogP contribution in [0.5, 0.6) is 0 Å². The molecule has 0 atom stereocenters. The van der Waals surface area contributed by atoms with Gasteiger partial charge in [0.2, 0.25) is 0 Å². The molecule has 23 heavy (non-hydrogen) atoms. The van der Waals surface area contributed by atoms with Gasteiger partial charge in [-0.15, -0.1) is 11.3 Å². The SMILES string of the molecule is COCc1ncsc1C(=O)Nc1ccc(N2CCNCC2)cc1. The second kappa shape index (κ2) is 7.54. The number of hydrogen-bond donors (Lipinski definition) is 2. The van der Waals surface area contributed by atoms with E-state index in [-0.39, 0.29) is 5.91 Å². The van der Waals surface area contributed by atoms with E-state index in [0.717, 1.165) is 31.9 Å². The van der Waals surface area contributed by atoms with Crippen LogP contribution in [0.25, 0.3) is 0 Å². The van der Waals surface area contributed by atoms with Crippen molar-refractivity contribution in [2.75, 3.05) is 43.5 Å². The first-order valence-electron chi connectivity index (χ1n) is 7.56. The fourth-order valence-corrected chi connectivity index (χ4v) is 3.25. The summed E-state index contributed by atoms with van der Waals surface area (Å²) in [7, 11) is 1.59. The number of nitrogens with one attached hydrogen (secondary N) is 2. The largest absolute Gasteiger partial charge is 0.378 e. The maximum Gasteiger partial charge on any atom is 0.267 e. The minimum absolute atomic E-state index is 0.144. The highest BCUT2D eigenvalue weighted by Crippen LogP contribution is 2.20. The van der Waals surface area contributed by atoms with Crippen LogP contribution in [0.3, 0.4) is 0 Å². The maximum absolute atomic E-state index is 12.3. The van der Waals surface area contributed by atoms with Crippen molar-refractivity contribution in [3.63, 3.8) is 0 Å². The number of amides is 1. The molecule has 0 saturated carbocycles. The average molecular weight is 332 g/mol. The van der Waals surface area contributed by atoms with E-state index in [0.29, 0.717) is 17.2 Å². The van der Waals surface area contributed by atoms with E-state index < -0.39 is 0 Å². The van der Waals surface area contributed by atoms with Gasteiger partial charge in [-0.3, -0.25) is 4.79 Å². The molecule has 0 spiro atoms. The Morgan fingerprint density at radius 1 is 1.35 bits per heavy atom. The minimum Gasteiger partial charge on any atom is -0.378 e. The Morgan fingerprint density at radius 2 is 2.09 bits per heavy atom. The van der Waals surface area contributed by atoms with Crippen molar-refractivity contribution in [1.82, 2.24) is 10.3 Å². The molecule has 1 fully saturated rings. The van der Waals surface area contributed by atoms with E-state index in [1.165, 1.54) is 17.0 Å². The third-order valence-corrected chi connectivity index (χ3v) is 4.60. The molecule has 1 amide bonds. The molecule has 2 aromatic rings. The Kier molecular flexibility index (Phi) is 5.22. The van der Waals surface area contributed by atoms with Gasteiger partial charge in [0, 0.05) is 44.7 Å². The predicted molar refractivity (Wildman–Crippen MR) is 92.3 cm³/mol. The van der Waals surface area contributed by atoms with Gasteiger partial charge in [0.05, 0.1) is 17.8 Å². The second-order valence-corrected chi connectivity index (χ2v) is 6.15. The van der Waals surface area contributed by atoms with Gasteiger partial charge >= 0.3 is 0 Å². The molecule has 1 aliphatic heterocycles. The first-order valence-corrected chi connectivity index (χ1v) is 8.44. The molecular weight excluding hydrogens is 312 g/mol. The van der Waals surface area contributed by atoms with E-state index >= 15 is 0 Å². The summed E-state index contributed by atoms with van der Waals surface area (Å²) in [5.74, 6) is -0.144. The summed E-state index contributed by atoms with van der Waals surface area (Å²) >= 11 is 1.32. The van der Waals surface area contributed by atoms with Crippen molar-refractivity contribution in [2.24, 2.45) is 0 Å². The molecule has 3 rings (SSSR count). The average Bonchev–Trinajstić information content (AvgIpc) is 3.05. The van der Waals surface area contributed by atoms with Crippen LogP contribution in [0.15, 0.2) is 29.8 Å².